The quantitative estimate of drug-likeness (QED) is 0.0239. The highest BCUT2D eigenvalue weighted by atomic mass is 16.7. The van der Waals surface area contributed by atoms with E-state index in [1.165, 1.54) is 13.8 Å². The molecule has 0 aromatic heterocycles. The largest absolute Gasteiger partial charge is 0.394 e. The maximum Gasteiger partial charge on any atom is 0.187 e. The SMILES string of the molecule is C/C(C=O)=C1\CC[C@](C)(O)[C@@](C)(CC/C=C(\C)C(C/C=C(\C)CCC(=O)C(C)(C)O)O[C@@H]2O[C@H](CO)[C@@H](O)[C@H](O)[C@H]2O)[C@@H]1CCCO[C@@H]1O[C@H](CO[C@@H]2O[C@H](CO)[C@@H](O)[C@H](O)[C@H]2O)[C@@H](O)[C@H](O)[C@H]1O. The van der Waals surface area contributed by atoms with Crippen molar-refractivity contribution >= 4 is 12.1 Å². The molecule has 21 nitrogen and oxygen atoms in total. The van der Waals surface area contributed by atoms with Gasteiger partial charge in [0.1, 0.15) is 85.1 Å². The van der Waals surface area contributed by atoms with Gasteiger partial charge in [-0.15, -0.1) is 0 Å². The van der Waals surface area contributed by atoms with E-state index in [2.05, 4.69) is 0 Å². The molecule has 1 unspecified atom stereocenters. The summed E-state index contributed by atoms with van der Waals surface area (Å²) in [6, 6.07) is 0. The maximum atomic E-state index is 12.4. The highest BCUT2D eigenvalue weighted by molar-refractivity contribution is 5.86. The van der Waals surface area contributed by atoms with Crippen LogP contribution in [0.15, 0.2) is 34.4 Å². The molecule has 0 aromatic carbocycles. The van der Waals surface area contributed by atoms with Crippen molar-refractivity contribution in [2.45, 2.75) is 216 Å². The first kappa shape index (κ1) is 59.4. The Hall–Kier alpha value is -2.20. The van der Waals surface area contributed by atoms with Crippen LogP contribution in [0.5, 0.6) is 0 Å². The molecule has 3 heterocycles. The van der Waals surface area contributed by atoms with Gasteiger partial charge >= 0.3 is 0 Å². The Morgan fingerprint density at radius 2 is 1.28 bits per heavy atom. The van der Waals surface area contributed by atoms with Gasteiger partial charge in [0.15, 0.2) is 24.7 Å². The Labute approximate surface area is 403 Å². The van der Waals surface area contributed by atoms with E-state index in [4.69, 9.17) is 28.4 Å². The van der Waals surface area contributed by atoms with Crippen molar-refractivity contribution in [1.29, 1.82) is 0 Å². The van der Waals surface area contributed by atoms with E-state index in [0.717, 1.165) is 17.4 Å². The molecular weight excluding hydrogens is 913 g/mol. The number of hydrogen-bond acceptors (Lipinski definition) is 21. The lowest BCUT2D eigenvalue weighted by Crippen LogP contribution is -2.61. The van der Waals surface area contributed by atoms with Crippen LogP contribution < -0.4 is 0 Å². The van der Waals surface area contributed by atoms with Crippen LogP contribution in [0.1, 0.15) is 106 Å². The topological polar surface area (TPSA) is 353 Å². The van der Waals surface area contributed by atoms with Crippen LogP contribution in [0.25, 0.3) is 0 Å². The summed E-state index contributed by atoms with van der Waals surface area (Å²) in [6.45, 7) is 9.99. The van der Waals surface area contributed by atoms with Crippen molar-refractivity contribution in [2.24, 2.45) is 11.3 Å². The summed E-state index contributed by atoms with van der Waals surface area (Å²) in [5.41, 5.74) is -0.653. The first-order valence-electron chi connectivity index (χ1n) is 23.9. The summed E-state index contributed by atoms with van der Waals surface area (Å²) in [7, 11) is 0. The van der Waals surface area contributed by atoms with Gasteiger partial charge in [0.05, 0.1) is 31.5 Å². The van der Waals surface area contributed by atoms with E-state index in [0.29, 0.717) is 56.1 Å². The molecule has 0 spiro atoms. The minimum atomic E-state index is -1.75. The molecule has 21 heteroatoms. The number of rotatable bonds is 23. The van der Waals surface area contributed by atoms with Crippen LogP contribution in [0.4, 0.5) is 0 Å². The van der Waals surface area contributed by atoms with E-state index in [9.17, 15) is 76.0 Å². The predicted molar refractivity (Wildman–Crippen MR) is 242 cm³/mol. The molecule has 4 rings (SSSR count). The lowest BCUT2D eigenvalue weighted by atomic mass is 9.54. The van der Waals surface area contributed by atoms with Crippen molar-refractivity contribution in [1.82, 2.24) is 0 Å². The number of carbonyl (C=O) groups is 2. The van der Waals surface area contributed by atoms with Crippen LogP contribution in [-0.2, 0) is 38.0 Å². The number of aldehydes is 1. The summed E-state index contributed by atoms with van der Waals surface area (Å²) >= 11 is 0. The fraction of sp³-hybridized carbons (Fsp3) is 0.833. The number of ketones is 1. The second-order valence-corrected chi connectivity index (χ2v) is 20.2. The van der Waals surface area contributed by atoms with Crippen LogP contribution in [-0.4, -0.2) is 214 Å². The molecule has 1 aliphatic carbocycles. The van der Waals surface area contributed by atoms with Gasteiger partial charge in [0.25, 0.3) is 0 Å². The summed E-state index contributed by atoms with van der Waals surface area (Å²) in [5, 5.41) is 136. The molecule has 19 atom stereocenters. The number of carbonyl (C=O) groups excluding carboxylic acids is 2. The third-order valence-electron chi connectivity index (χ3n) is 14.7. The zero-order valence-corrected chi connectivity index (χ0v) is 40.8. The van der Waals surface area contributed by atoms with Gasteiger partial charge < -0.3 is 94.8 Å². The zero-order chi connectivity index (χ0) is 51.8. The Morgan fingerprint density at radius 3 is 1.83 bits per heavy atom. The summed E-state index contributed by atoms with van der Waals surface area (Å²) in [6.07, 6.45) is -16.6. The fourth-order valence-electron chi connectivity index (χ4n) is 9.60. The molecule has 0 bridgehead atoms. The highest BCUT2D eigenvalue weighted by Crippen LogP contribution is 2.55. The molecule has 0 amide bonds. The molecule has 69 heavy (non-hydrogen) atoms. The number of allylic oxidation sites excluding steroid dienone is 4. The molecule has 3 saturated heterocycles. The smallest absolute Gasteiger partial charge is 0.187 e. The monoisotopic (exact) mass is 993 g/mol. The van der Waals surface area contributed by atoms with E-state index >= 15 is 0 Å². The highest BCUT2D eigenvalue weighted by Gasteiger charge is 2.53. The minimum Gasteiger partial charge on any atom is -0.394 e. The molecule has 13 N–H and O–H groups in total. The number of Topliss-reactive ketones (excluding diaryl/α,β-unsaturated/α-hetero) is 1. The summed E-state index contributed by atoms with van der Waals surface area (Å²) in [4.78, 5) is 24.7. The summed E-state index contributed by atoms with van der Waals surface area (Å²) < 4.78 is 34.5. The number of aliphatic hydroxyl groups excluding tert-OH is 11. The average Bonchev–Trinajstić information content (AvgIpc) is 3.30. The number of ether oxygens (including phenoxy) is 6. The van der Waals surface area contributed by atoms with Crippen LogP contribution in [0.3, 0.4) is 0 Å². The van der Waals surface area contributed by atoms with Crippen molar-refractivity contribution in [3.05, 3.63) is 34.4 Å². The van der Waals surface area contributed by atoms with Gasteiger partial charge in [-0.25, -0.2) is 0 Å². The van der Waals surface area contributed by atoms with Gasteiger partial charge in [-0.2, -0.15) is 0 Å². The van der Waals surface area contributed by atoms with E-state index in [1.807, 2.05) is 26.0 Å². The van der Waals surface area contributed by atoms with Gasteiger partial charge in [0.2, 0.25) is 0 Å². The van der Waals surface area contributed by atoms with Crippen molar-refractivity contribution < 1.29 is 104 Å². The minimum absolute atomic E-state index is 0.0399. The van der Waals surface area contributed by atoms with Crippen molar-refractivity contribution in [3.63, 3.8) is 0 Å². The zero-order valence-electron chi connectivity index (χ0n) is 40.8. The van der Waals surface area contributed by atoms with E-state index in [-0.39, 0.29) is 31.1 Å². The van der Waals surface area contributed by atoms with Gasteiger partial charge in [-0.1, -0.05) is 30.2 Å². The number of aliphatic hydroxyl groups is 13. The standard InChI is InChI=1S/C48H80O21/c1-24(13-15-33(52)46(4,5)62)12-14-29(66-45-42(61)38(57)35(54)31(22-51)68-45)25(2)10-8-17-47(6)28(27(26(3)20-49)16-18-48(47,7)63)11-9-19-64-43-40(59)39(58)36(55)32(69-43)23-65-44-41(60)37(56)34(53)30(21-50)67-44/h10,12,20,28-32,34-45,50-51,53-63H,8-9,11,13-19,21-23H2,1-7H3/b24-12+,25-10+,27-26-/t28-,29?,30-,31-,32-,34-,35-,36-,37+,38+,39+,40-,41-,42-,43-,44-,45-,47+,48+/m1/s1. The van der Waals surface area contributed by atoms with Gasteiger partial charge in [-0.05, 0) is 110 Å². The van der Waals surface area contributed by atoms with Crippen LogP contribution in [0.2, 0.25) is 0 Å². The molecule has 4 aliphatic rings. The summed E-state index contributed by atoms with van der Waals surface area (Å²) in [5.74, 6) is -0.682. The molecule has 398 valence electrons. The molecule has 0 aromatic rings. The fourth-order valence-corrected chi connectivity index (χ4v) is 9.60. The van der Waals surface area contributed by atoms with E-state index in [1.54, 1.807) is 20.8 Å². The lowest BCUT2D eigenvalue weighted by molar-refractivity contribution is -0.331. The van der Waals surface area contributed by atoms with E-state index < -0.39 is 135 Å². The third kappa shape index (κ3) is 14.5. The second kappa shape index (κ2) is 25.6. The number of hydrogen-bond donors (Lipinski definition) is 13. The molecule has 3 aliphatic heterocycles. The maximum absolute atomic E-state index is 12.4. The Balaban J connectivity index is 1.49. The lowest BCUT2D eigenvalue weighted by Gasteiger charge is -2.53. The Bertz CT molecular complexity index is 1740. The van der Waals surface area contributed by atoms with Crippen LogP contribution >= 0.6 is 0 Å². The molecule has 0 radical (unpaired) electrons. The first-order chi connectivity index (χ1) is 32.2. The first-order valence-corrected chi connectivity index (χ1v) is 23.9. The molecule has 1 saturated carbocycles. The molecule has 4 fully saturated rings. The Morgan fingerprint density at radius 1 is 0.754 bits per heavy atom. The van der Waals surface area contributed by atoms with Crippen LogP contribution in [0, 0.1) is 11.3 Å². The van der Waals surface area contributed by atoms with Gasteiger partial charge in [-0.3, -0.25) is 9.59 Å². The normalized spacial score (nSPS) is 40.6. The van der Waals surface area contributed by atoms with Crippen molar-refractivity contribution in [3.8, 4) is 0 Å². The average molecular weight is 993 g/mol. The predicted octanol–water partition coefficient (Wildman–Crippen LogP) is -1.54. The molecular formula is C48H80O21. The third-order valence-corrected chi connectivity index (χ3v) is 14.7. The second-order valence-electron chi connectivity index (χ2n) is 20.2. The van der Waals surface area contributed by atoms with Gasteiger partial charge in [0, 0.05) is 18.4 Å². The Kier molecular flexibility index (Phi) is 22.1. The van der Waals surface area contributed by atoms with Crippen molar-refractivity contribution in [2.75, 3.05) is 26.4 Å².